The molecule has 0 fully saturated rings. The Balaban J connectivity index is 2.02. The molecule has 1 atom stereocenters. The fraction of sp³-hybridized carbons (Fsp3) is 0.273. The van der Waals surface area contributed by atoms with Crippen LogP contribution in [0.25, 0.3) is 11.0 Å². The summed E-state index contributed by atoms with van der Waals surface area (Å²) in [5.74, 6) is 0.568. The van der Waals surface area contributed by atoms with Crippen molar-refractivity contribution in [3.8, 4) is 17.2 Å². The van der Waals surface area contributed by atoms with Crippen LogP contribution < -0.4 is 19.6 Å². The van der Waals surface area contributed by atoms with Crippen LogP contribution in [0.1, 0.15) is 27.7 Å². The third-order valence-corrected chi connectivity index (χ3v) is 5.51. The number of carbonyl (C=O) groups excluding carboxylic acids is 1. The second kappa shape index (κ2) is 8.13. The molecule has 0 aliphatic carbocycles. The van der Waals surface area contributed by atoms with Crippen LogP contribution in [-0.2, 0) is 0 Å². The smallest absolute Gasteiger partial charge is 0.290 e. The Kier molecular flexibility index (Phi) is 5.51. The molecule has 162 valence electrons. The summed E-state index contributed by atoms with van der Waals surface area (Å²) in [7, 11) is 4.44. The first-order chi connectivity index (χ1) is 14.9. The van der Waals surface area contributed by atoms with Crippen LogP contribution >= 0.6 is 11.6 Å². The molecule has 0 spiro atoms. The van der Waals surface area contributed by atoms with Gasteiger partial charge in [-0.1, -0.05) is 11.6 Å². The van der Waals surface area contributed by atoms with E-state index < -0.39 is 11.9 Å². The van der Waals surface area contributed by atoms with Crippen molar-refractivity contribution in [2.24, 2.45) is 0 Å². The normalized spacial score (nSPS) is 15.3. The van der Waals surface area contributed by atoms with Crippen LogP contribution in [0.2, 0.25) is 5.02 Å². The van der Waals surface area contributed by atoms with Gasteiger partial charge in [0.1, 0.15) is 5.58 Å². The second-order valence-electron chi connectivity index (χ2n) is 6.90. The number of hydrogen-bond acceptors (Lipinski definition) is 7. The van der Waals surface area contributed by atoms with Crippen molar-refractivity contribution < 1.29 is 28.5 Å². The lowest BCUT2D eigenvalue weighted by molar-refractivity contribution is 0.0691. The van der Waals surface area contributed by atoms with Gasteiger partial charge in [-0.05, 0) is 35.9 Å². The van der Waals surface area contributed by atoms with Gasteiger partial charge >= 0.3 is 0 Å². The van der Waals surface area contributed by atoms with Crippen molar-refractivity contribution in [2.45, 2.75) is 6.04 Å². The van der Waals surface area contributed by atoms with Crippen molar-refractivity contribution in [3.63, 3.8) is 0 Å². The predicted octanol–water partition coefficient (Wildman–Crippen LogP) is 3.01. The summed E-state index contributed by atoms with van der Waals surface area (Å²) in [6.07, 6.45) is 0. The predicted molar refractivity (Wildman–Crippen MR) is 114 cm³/mol. The molecule has 1 aromatic heterocycles. The Morgan fingerprint density at radius 2 is 1.74 bits per heavy atom. The first kappa shape index (κ1) is 21.0. The standard InChI is InChI=1S/C22H20ClNO7/c1-28-15-8-11(9-16(29-2)20(15)30-3)18-17-19(26)13-10-12(23)4-5-14(13)31-21(17)22(27)24(18)6-7-25/h4-5,8-10,18,25H,6-7H2,1-3H3/t18-/m1/s1. The number of carbonyl (C=O) groups is 1. The van der Waals surface area contributed by atoms with Gasteiger partial charge in [-0.25, -0.2) is 0 Å². The molecule has 1 aliphatic heterocycles. The third kappa shape index (κ3) is 3.28. The first-order valence-electron chi connectivity index (χ1n) is 9.43. The molecule has 0 saturated heterocycles. The quantitative estimate of drug-likeness (QED) is 0.622. The molecular weight excluding hydrogens is 426 g/mol. The number of methoxy groups -OCH3 is 3. The number of halogens is 1. The highest BCUT2D eigenvalue weighted by molar-refractivity contribution is 6.31. The number of aliphatic hydroxyl groups excluding tert-OH is 1. The van der Waals surface area contributed by atoms with Gasteiger partial charge < -0.3 is 28.6 Å². The summed E-state index contributed by atoms with van der Waals surface area (Å²) in [4.78, 5) is 28.0. The summed E-state index contributed by atoms with van der Waals surface area (Å²) in [5, 5.41) is 10.2. The molecular formula is C22H20ClNO7. The fourth-order valence-corrected chi connectivity index (χ4v) is 4.11. The number of β-amino-alcohol motifs (C(OH)–C–C–N with tert-alkyl or cyclic N) is 1. The molecule has 0 saturated carbocycles. The van der Waals surface area contributed by atoms with E-state index in [1.54, 1.807) is 24.3 Å². The Hall–Kier alpha value is -3.23. The van der Waals surface area contributed by atoms with Crippen molar-refractivity contribution >= 4 is 28.5 Å². The summed E-state index contributed by atoms with van der Waals surface area (Å²) in [5.41, 5.74) is 0.605. The van der Waals surface area contributed by atoms with E-state index in [1.165, 1.54) is 32.3 Å². The van der Waals surface area contributed by atoms with Crippen LogP contribution in [0.3, 0.4) is 0 Å². The average molecular weight is 446 g/mol. The number of fused-ring (bicyclic) bond motifs is 2. The highest BCUT2D eigenvalue weighted by Crippen LogP contribution is 2.44. The van der Waals surface area contributed by atoms with E-state index in [0.29, 0.717) is 27.8 Å². The molecule has 9 heteroatoms. The van der Waals surface area contributed by atoms with E-state index in [-0.39, 0.29) is 40.9 Å². The van der Waals surface area contributed by atoms with E-state index in [1.807, 2.05) is 0 Å². The number of hydrogen-bond donors (Lipinski definition) is 1. The van der Waals surface area contributed by atoms with Gasteiger partial charge in [0.15, 0.2) is 16.9 Å². The number of amides is 1. The fourth-order valence-electron chi connectivity index (χ4n) is 3.94. The summed E-state index contributed by atoms with van der Waals surface area (Å²) in [6, 6.07) is 7.16. The molecule has 3 aromatic rings. The number of benzene rings is 2. The van der Waals surface area contributed by atoms with Crippen LogP contribution in [0.4, 0.5) is 0 Å². The Morgan fingerprint density at radius 1 is 1.06 bits per heavy atom. The van der Waals surface area contributed by atoms with Gasteiger partial charge in [-0.3, -0.25) is 9.59 Å². The summed E-state index contributed by atoms with van der Waals surface area (Å²) >= 11 is 6.08. The van der Waals surface area contributed by atoms with Crippen molar-refractivity contribution in [1.82, 2.24) is 4.90 Å². The summed E-state index contributed by atoms with van der Waals surface area (Å²) < 4.78 is 22.0. The highest BCUT2D eigenvalue weighted by Gasteiger charge is 2.43. The van der Waals surface area contributed by atoms with Crippen molar-refractivity contribution in [1.29, 1.82) is 0 Å². The number of rotatable bonds is 6. The second-order valence-corrected chi connectivity index (χ2v) is 7.33. The largest absolute Gasteiger partial charge is 0.493 e. The molecule has 2 aromatic carbocycles. The molecule has 8 nitrogen and oxygen atoms in total. The lowest BCUT2D eigenvalue weighted by Crippen LogP contribution is -2.32. The molecule has 1 amide bonds. The van der Waals surface area contributed by atoms with E-state index in [4.69, 9.17) is 30.2 Å². The Labute approximate surface area is 182 Å². The zero-order chi connectivity index (χ0) is 22.3. The SMILES string of the molecule is COc1cc([C@@H]2c3c(oc4ccc(Cl)cc4c3=O)C(=O)N2CCO)cc(OC)c1OC. The monoisotopic (exact) mass is 445 g/mol. The molecule has 31 heavy (non-hydrogen) atoms. The Bertz CT molecular complexity index is 1210. The van der Waals surface area contributed by atoms with Gasteiger partial charge in [0, 0.05) is 11.6 Å². The zero-order valence-corrected chi connectivity index (χ0v) is 17.9. The lowest BCUT2D eigenvalue weighted by Gasteiger charge is -2.25. The molecule has 0 radical (unpaired) electrons. The number of ether oxygens (including phenoxy) is 3. The average Bonchev–Trinajstić information content (AvgIpc) is 3.05. The molecule has 0 unspecified atom stereocenters. The van der Waals surface area contributed by atoms with E-state index in [9.17, 15) is 14.7 Å². The number of nitrogens with zero attached hydrogens (tertiary/aromatic N) is 1. The molecule has 1 N–H and O–H groups in total. The van der Waals surface area contributed by atoms with E-state index >= 15 is 0 Å². The van der Waals surface area contributed by atoms with Crippen LogP contribution in [0.5, 0.6) is 17.2 Å². The zero-order valence-electron chi connectivity index (χ0n) is 17.1. The molecule has 1 aliphatic rings. The van der Waals surface area contributed by atoms with Crippen LogP contribution in [0.15, 0.2) is 39.5 Å². The summed E-state index contributed by atoms with van der Waals surface area (Å²) in [6.45, 7) is -0.291. The highest BCUT2D eigenvalue weighted by atomic mass is 35.5. The van der Waals surface area contributed by atoms with Gasteiger partial charge in [-0.2, -0.15) is 0 Å². The minimum absolute atomic E-state index is 0.000894. The maximum absolute atomic E-state index is 13.4. The van der Waals surface area contributed by atoms with Crippen LogP contribution in [0, 0.1) is 0 Å². The first-order valence-corrected chi connectivity index (χ1v) is 9.80. The molecule has 2 heterocycles. The third-order valence-electron chi connectivity index (χ3n) is 5.27. The maximum atomic E-state index is 13.4. The number of aliphatic hydroxyl groups is 1. The minimum Gasteiger partial charge on any atom is -0.493 e. The Morgan fingerprint density at radius 3 is 2.32 bits per heavy atom. The van der Waals surface area contributed by atoms with Gasteiger partial charge in [0.05, 0.1) is 44.9 Å². The maximum Gasteiger partial charge on any atom is 0.290 e. The lowest BCUT2D eigenvalue weighted by atomic mass is 9.97. The van der Waals surface area contributed by atoms with Crippen molar-refractivity contribution in [3.05, 3.63) is 62.5 Å². The van der Waals surface area contributed by atoms with E-state index in [0.717, 1.165) is 0 Å². The van der Waals surface area contributed by atoms with Gasteiger partial charge in [-0.15, -0.1) is 0 Å². The van der Waals surface area contributed by atoms with Gasteiger partial charge in [0.2, 0.25) is 11.5 Å². The van der Waals surface area contributed by atoms with E-state index in [2.05, 4.69) is 0 Å². The minimum atomic E-state index is -0.817. The molecule has 4 rings (SSSR count). The van der Waals surface area contributed by atoms with Gasteiger partial charge in [0.25, 0.3) is 5.91 Å². The van der Waals surface area contributed by atoms with Crippen molar-refractivity contribution in [2.75, 3.05) is 34.5 Å². The topological polar surface area (TPSA) is 98.4 Å². The van der Waals surface area contributed by atoms with Crippen LogP contribution in [-0.4, -0.2) is 50.4 Å². The molecule has 0 bridgehead atoms.